The second-order valence-electron chi connectivity index (χ2n) is 11.8. The van der Waals surface area contributed by atoms with Crippen LogP contribution < -0.4 is 15.0 Å². The third kappa shape index (κ3) is 4.83. The first-order chi connectivity index (χ1) is 21.8. The van der Waals surface area contributed by atoms with Crippen molar-refractivity contribution in [3.8, 4) is 11.5 Å². The molecule has 0 amide bonds. The van der Waals surface area contributed by atoms with Gasteiger partial charge in [-0.3, -0.25) is 0 Å². The number of fused-ring (bicyclic) bond motifs is 6. The zero-order valence-corrected chi connectivity index (χ0v) is 26.6. The van der Waals surface area contributed by atoms with Crippen molar-refractivity contribution < 1.29 is 14.3 Å². The van der Waals surface area contributed by atoms with Gasteiger partial charge < -0.3 is 19.7 Å². The number of benzene rings is 5. The molecule has 2 aliphatic rings. The molecule has 0 radical (unpaired) electrons. The largest absolute Gasteiger partial charge is 0.456 e. The summed E-state index contributed by atoms with van der Waals surface area (Å²) in [5.74, 6) is 1.49. The van der Waals surface area contributed by atoms with Crippen LogP contribution in [0.15, 0.2) is 103 Å². The van der Waals surface area contributed by atoms with Crippen LogP contribution >= 0.6 is 11.6 Å². The lowest BCUT2D eigenvalue weighted by Gasteiger charge is -2.38. The summed E-state index contributed by atoms with van der Waals surface area (Å²) in [6.07, 6.45) is 1.11. The average Bonchev–Trinajstić information content (AvgIpc) is 3.35. The number of rotatable bonds is 7. The molecule has 0 fully saturated rings. The Kier molecular flexibility index (Phi) is 7.29. The van der Waals surface area contributed by atoms with E-state index in [1.54, 1.807) is 0 Å². The summed E-state index contributed by atoms with van der Waals surface area (Å²) in [6, 6.07) is 34.3. The van der Waals surface area contributed by atoms with Crippen molar-refractivity contribution in [3.05, 3.63) is 142 Å². The fourth-order valence-corrected chi connectivity index (χ4v) is 6.66. The van der Waals surface area contributed by atoms with Gasteiger partial charge in [-0.05, 0) is 104 Å². The number of hydrogen-bond acceptors (Lipinski definition) is 5. The molecule has 2 aliphatic heterocycles. The predicted octanol–water partition coefficient (Wildman–Crippen LogP) is 10.6. The van der Waals surface area contributed by atoms with Gasteiger partial charge in [0, 0.05) is 57.1 Å². The minimum Gasteiger partial charge on any atom is -0.456 e. The molecule has 2 atom stereocenters. The molecule has 6 heteroatoms. The molecule has 5 nitrogen and oxygen atoms in total. The van der Waals surface area contributed by atoms with Crippen molar-refractivity contribution in [1.29, 1.82) is 0 Å². The fraction of sp³-hybridized carbons (Fsp3) is 0.205. The van der Waals surface area contributed by atoms with Crippen LogP contribution in [0.5, 0.6) is 11.5 Å². The molecule has 0 aliphatic carbocycles. The Morgan fingerprint density at radius 1 is 0.822 bits per heavy atom. The molecule has 1 spiro atoms. The van der Waals surface area contributed by atoms with E-state index < -0.39 is 5.60 Å². The second kappa shape index (κ2) is 11.3. The zero-order chi connectivity index (χ0) is 31.3. The maximum absolute atomic E-state index is 13.4. The van der Waals surface area contributed by atoms with Crippen molar-refractivity contribution in [2.45, 2.75) is 45.6 Å². The van der Waals surface area contributed by atoms with Gasteiger partial charge in [-0.25, -0.2) is 4.79 Å². The van der Waals surface area contributed by atoms with Crippen molar-refractivity contribution in [2.24, 2.45) is 0 Å². The number of aryl methyl sites for hydroxylation is 1. The number of carbonyl (C=O) groups excluding carboxylic acids is 1. The summed E-state index contributed by atoms with van der Waals surface area (Å²) in [5, 5.41) is 4.19. The summed E-state index contributed by atoms with van der Waals surface area (Å²) >= 11 is 6.13. The monoisotopic (exact) mass is 614 g/mol. The van der Waals surface area contributed by atoms with Crippen LogP contribution in [-0.2, 0) is 10.3 Å². The van der Waals surface area contributed by atoms with Crippen LogP contribution in [0.4, 0.5) is 22.7 Å². The Bertz CT molecular complexity index is 1920. The summed E-state index contributed by atoms with van der Waals surface area (Å²) < 4.78 is 13.1. The molecule has 45 heavy (non-hydrogen) atoms. The van der Waals surface area contributed by atoms with Crippen LogP contribution in [0.25, 0.3) is 0 Å². The maximum atomic E-state index is 13.4. The molecular formula is C39H35ClN2O3. The van der Waals surface area contributed by atoms with Crippen LogP contribution in [-0.4, -0.2) is 12.5 Å². The highest BCUT2D eigenvalue weighted by Gasteiger charge is 2.53. The lowest BCUT2D eigenvalue weighted by Crippen LogP contribution is -2.33. The van der Waals surface area contributed by atoms with E-state index in [0.717, 1.165) is 58.0 Å². The third-order valence-electron chi connectivity index (χ3n) is 9.18. The van der Waals surface area contributed by atoms with Crippen molar-refractivity contribution in [1.82, 2.24) is 0 Å². The Labute approximate surface area is 269 Å². The lowest BCUT2D eigenvalue weighted by atomic mass is 9.77. The molecule has 2 heterocycles. The normalized spacial score (nSPS) is 16.7. The molecular weight excluding hydrogens is 580 g/mol. The highest BCUT2D eigenvalue weighted by atomic mass is 35.5. The number of anilines is 4. The number of nitrogens with one attached hydrogen (secondary N) is 1. The summed E-state index contributed by atoms with van der Waals surface area (Å²) in [5.41, 5.74) is 8.01. The molecule has 0 saturated heterocycles. The van der Waals surface area contributed by atoms with Gasteiger partial charge in [-0.15, -0.1) is 0 Å². The van der Waals surface area contributed by atoms with Gasteiger partial charge in [0.15, 0.2) is 5.60 Å². The topological polar surface area (TPSA) is 50.8 Å². The first-order valence-corrected chi connectivity index (χ1v) is 15.9. The van der Waals surface area contributed by atoms with E-state index in [1.165, 1.54) is 5.56 Å². The van der Waals surface area contributed by atoms with E-state index in [-0.39, 0.29) is 5.97 Å². The van der Waals surface area contributed by atoms with E-state index in [4.69, 9.17) is 21.1 Å². The highest BCUT2D eigenvalue weighted by Crippen LogP contribution is 2.57. The predicted molar refractivity (Wildman–Crippen MR) is 182 cm³/mol. The van der Waals surface area contributed by atoms with E-state index in [2.05, 4.69) is 67.4 Å². The number of esters is 1. The number of halogens is 1. The summed E-state index contributed by atoms with van der Waals surface area (Å²) in [7, 11) is 0. The van der Waals surface area contributed by atoms with Crippen LogP contribution in [0.3, 0.4) is 0 Å². The van der Waals surface area contributed by atoms with Crippen molar-refractivity contribution in [3.63, 3.8) is 0 Å². The first-order valence-electron chi connectivity index (χ1n) is 15.5. The number of ether oxygens (including phenoxy) is 2. The molecule has 0 aromatic heterocycles. The number of hydrogen-bond donors (Lipinski definition) is 1. The third-order valence-corrected chi connectivity index (χ3v) is 9.43. The molecule has 226 valence electrons. The van der Waals surface area contributed by atoms with Gasteiger partial charge in [0.05, 0.1) is 5.56 Å². The van der Waals surface area contributed by atoms with Gasteiger partial charge in [0.1, 0.15) is 11.5 Å². The smallest absolute Gasteiger partial charge is 0.340 e. The standard InChI is InChI=1S/C39H35ClN2O3/c1-5-24(3)26-11-17-29(18-12-26)42(6-2)30-19-20-33-37(22-30)44-36-21-25(4)35(41-28-15-13-27(40)14-16-28)23-34(36)39(33)32-10-8-7-9-31(32)38(43)45-39/h7-24,41H,5-6H2,1-4H3. The molecule has 5 aromatic carbocycles. The summed E-state index contributed by atoms with van der Waals surface area (Å²) in [4.78, 5) is 15.7. The lowest BCUT2D eigenvalue weighted by molar-refractivity contribution is 0.0224. The van der Waals surface area contributed by atoms with Gasteiger partial charge in [-0.1, -0.05) is 55.8 Å². The number of carbonyl (C=O) groups is 1. The maximum Gasteiger partial charge on any atom is 0.340 e. The molecule has 7 rings (SSSR count). The Hall–Kier alpha value is -4.74. The molecule has 2 unspecified atom stereocenters. The quantitative estimate of drug-likeness (QED) is 0.185. The molecule has 5 aromatic rings. The molecule has 0 saturated carbocycles. The SMILES string of the molecule is CCC(C)c1ccc(N(CC)c2ccc3c(c2)Oc2cc(C)c(Nc4ccc(Cl)cc4)cc2C32OC(=O)c3ccccc32)cc1. The Balaban J connectivity index is 1.36. The van der Waals surface area contributed by atoms with Crippen molar-refractivity contribution in [2.75, 3.05) is 16.8 Å². The van der Waals surface area contributed by atoms with Crippen LogP contribution in [0.2, 0.25) is 5.02 Å². The van der Waals surface area contributed by atoms with Crippen LogP contribution in [0.1, 0.15) is 71.3 Å². The van der Waals surface area contributed by atoms with Gasteiger partial charge in [0.25, 0.3) is 0 Å². The van der Waals surface area contributed by atoms with E-state index >= 15 is 0 Å². The number of nitrogens with zero attached hydrogens (tertiary/aromatic N) is 1. The molecule has 0 bridgehead atoms. The van der Waals surface area contributed by atoms with E-state index in [9.17, 15) is 4.79 Å². The van der Waals surface area contributed by atoms with Gasteiger partial charge in [-0.2, -0.15) is 0 Å². The minimum absolute atomic E-state index is 0.349. The Morgan fingerprint density at radius 3 is 2.27 bits per heavy atom. The minimum atomic E-state index is -1.16. The van der Waals surface area contributed by atoms with Gasteiger partial charge >= 0.3 is 5.97 Å². The zero-order valence-electron chi connectivity index (χ0n) is 25.9. The highest BCUT2D eigenvalue weighted by molar-refractivity contribution is 6.30. The second-order valence-corrected chi connectivity index (χ2v) is 12.3. The van der Waals surface area contributed by atoms with E-state index in [0.29, 0.717) is 28.0 Å². The van der Waals surface area contributed by atoms with Crippen molar-refractivity contribution >= 4 is 40.3 Å². The Morgan fingerprint density at radius 2 is 1.53 bits per heavy atom. The van der Waals surface area contributed by atoms with E-state index in [1.807, 2.05) is 73.7 Å². The van der Waals surface area contributed by atoms with Gasteiger partial charge in [0.2, 0.25) is 0 Å². The first kappa shape index (κ1) is 29.0. The van der Waals surface area contributed by atoms with Crippen LogP contribution in [0, 0.1) is 6.92 Å². The summed E-state index contributed by atoms with van der Waals surface area (Å²) in [6.45, 7) is 9.44. The fourth-order valence-electron chi connectivity index (χ4n) is 6.53. The molecule has 1 N–H and O–H groups in total. The average molecular weight is 615 g/mol.